The van der Waals surface area contributed by atoms with Crippen LogP contribution in [-0.4, -0.2) is 84.4 Å². The topological polar surface area (TPSA) is 77.0 Å². The highest BCUT2D eigenvalue weighted by Crippen LogP contribution is 2.19. The Hall–Kier alpha value is -1.95. The zero-order valence-corrected chi connectivity index (χ0v) is 21.6. The van der Waals surface area contributed by atoms with Gasteiger partial charge in [0.15, 0.2) is 5.96 Å². The molecule has 0 atom stereocenters. The molecular formula is C21H32IN7OS. The zero-order chi connectivity index (χ0) is 21.3. The lowest BCUT2D eigenvalue weighted by atomic mass is 10.1. The van der Waals surface area contributed by atoms with Crippen molar-refractivity contribution < 1.29 is 4.79 Å². The van der Waals surface area contributed by atoms with Gasteiger partial charge in [0.05, 0.1) is 0 Å². The number of carbonyl (C=O) groups is 1. The van der Waals surface area contributed by atoms with Crippen molar-refractivity contribution in [1.29, 1.82) is 0 Å². The van der Waals surface area contributed by atoms with Crippen LogP contribution in [0.4, 0.5) is 5.13 Å². The van der Waals surface area contributed by atoms with Crippen molar-refractivity contribution in [3.63, 3.8) is 0 Å². The molecule has 1 amide bonds. The van der Waals surface area contributed by atoms with E-state index in [1.165, 1.54) is 17.1 Å². The van der Waals surface area contributed by atoms with Gasteiger partial charge in [-0.05, 0) is 12.0 Å². The lowest BCUT2D eigenvalue weighted by Gasteiger charge is -2.36. The maximum atomic E-state index is 12.0. The van der Waals surface area contributed by atoms with Gasteiger partial charge in [0.1, 0.15) is 12.4 Å². The lowest BCUT2D eigenvalue weighted by molar-refractivity contribution is -0.127. The van der Waals surface area contributed by atoms with Crippen LogP contribution in [-0.2, 0) is 17.6 Å². The zero-order valence-electron chi connectivity index (χ0n) is 18.5. The second kappa shape index (κ2) is 12.8. The molecule has 1 aliphatic rings. The number of nitrogens with zero attached hydrogens (tertiary/aromatic N) is 6. The van der Waals surface area contributed by atoms with Gasteiger partial charge in [-0.3, -0.25) is 4.79 Å². The Morgan fingerprint density at radius 3 is 2.52 bits per heavy atom. The van der Waals surface area contributed by atoms with E-state index in [1.807, 2.05) is 6.07 Å². The number of aliphatic imine (C=N–C) groups is 1. The standard InChI is InChI=1S/C21H31N7OS.HI/c1-4-18-24-21(30-25-18)28-14-12-27(13-15-28)20(23-16-19(29)26(2)3)22-11-10-17-8-6-5-7-9-17;/h5-9H,4,10-16H2,1-3H3,(H,22,23);1H. The number of carbonyl (C=O) groups excluding carboxylic acids is 1. The molecule has 1 fully saturated rings. The molecule has 1 aliphatic heterocycles. The minimum absolute atomic E-state index is 0. The van der Waals surface area contributed by atoms with Crippen molar-refractivity contribution in [3.05, 3.63) is 41.7 Å². The highest BCUT2D eigenvalue weighted by molar-refractivity contribution is 14.0. The van der Waals surface area contributed by atoms with Crippen LogP contribution in [0.1, 0.15) is 18.3 Å². The Bertz CT molecular complexity index is 835. The van der Waals surface area contributed by atoms with Crippen LogP contribution in [0.25, 0.3) is 0 Å². The Morgan fingerprint density at radius 2 is 1.90 bits per heavy atom. The molecule has 0 radical (unpaired) electrons. The molecule has 0 unspecified atom stereocenters. The largest absolute Gasteiger partial charge is 0.356 e. The molecule has 0 bridgehead atoms. The van der Waals surface area contributed by atoms with E-state index < -0.39 is 0 Å². The number of hydrogen-bond acceptors (Lipinski definition) is 6. The van der Waals surface area contributed by atoms with Crippen LogP contribution >= 0.6 is 35.5 Å². The first-order valence-electron chi connectivity index (χ1n) is 10.4. The van der Waals surface area contributed by atoms with E-state index in [1.54, 1.807) is 19.0 Å². The molecule has 2 heterocycles. The fourth-order valence-electron chi connectivity index (χ4n) is 3.14. The number of rotatable bonds is 7. The van der Waals surface area contributed by atoms with Gasteiger partial charge in [-0.2, -0.15) is 4.37 Å². The van der Waals surface area contributed by atoms with E-state index >= 15 is 0 Å². The molecule has 0 spiro atoms. The Morgan fingerprint density at radius 1 is 1.19 bits per heavy atom. The summed E-state index contributed by atoms with van der Waals surface area (Å²) >= 11 is 1.47. The quantitative estimate of drug-likeness (QED) is 0.320. The predicted molar refractivity (Wildman–Crippen MR) is 138 cm³/mol. The van der Waals surface area contributed by atoms with E-state index in [4.69, 9.17) is 0 Å². The summed E-state index contributed by atoms with van der Waals surface area (Å²) in [4.78, 5) is 27.3. The van der Waals surface area contributed by atoms with Crippen molar-refractivity contribution in [3.8, 4) is 0 Å². The number of aryl methyl sites for hydroxylation is 1. The van der Waals surface area contributed by atoms with Gasteiger partial charge in [0, 0.05) is 64.8 Å². The molecular weight excluding hydrogens is 525 g/mol. The monoisotopic (exact) mass is 557 g/mol. The summed E-state index contributed by atoms with van der Waals surface area (Å²) in [5.41, 5.74) is 1.28. The van der Waals surface area contributed by atoms with Crippen molar-refractivity contribution in [2.24, 2.45) is 4.99 Å². The molecule has 2 aromatic rings. The number of aromatic nitrogens is 2. The normalized spacial score (nSPS) is 14.2. The SMILES string of the molecule is CCc1nsc(N2CCN(C(=NCC(=O)N(C)C)NCCc3ccccc3)CC2)n1.I. The Balaban J connectivity index is 0.00000341. The average Bonchev–Trinajstić information content (AvgIpc) is 3.26. The fourth-order valence-corrected chi connectivity index (χ4v) is 3.94. The van der Waals surface area contributed by atoms with Gasteiger partial charge in [-0.15, -0.1) is 24.0 Å². The molecule has 8 nitrogen and oxygen atoms in total. The first-order chi connectivity index (χ1) is 14.6. The maximum Gasteiger partial charge on any atom is 0.243 e. The second-order valence-corrected chi connectivity index (χ2v) is 8.14. The number of guanidine groups is 1. The number of halogens is 1. The van der Waals surface area contributed by atoms with Crippen molar-refractivity contribution in [1.82, 2.24) is 24.5 Å². The maximum absolute atomic E-state index is 12.0. The number of hydrogen-bond donors (Lipinski definition) is 1. The van der Waals surface area contributed by atoms with Gasteiger partial charge >= 0.3 is 0 Å². The Kier molecular flexibility index (Phi) is 10.4. The molecule has 1 N–H and O–H groups in total. The highest BCUT2D eigenvalue weighted by atomic mass is 127. The minimum Gasteiger partial charge on any atom is -0.356 e. The number of likely N-dealkylation sites (N-methyl/N-ethyl adjacent to an activating group) is 1. The van der Waals surface area contributed by atoms with Crippen molar-refractivity contribution >= 4 is 52.5 Å². The Labute approximate surface area is 205 Å². The number of piperazine rings is 1. The second-order valence-electron chi connectivity index (χ2n) is 7.41. The predicted octanol–water partition coefficient (Wildman–Crippen LogP) is 2.12. The van der Waals surface area contributed by atoms with E-state index in [-0.39, 0.29) is 36.4 Å². The first kappa shape index (κ1) is 25.3. The summed E-state index contributed by atoms with van der Waals surface area (Å²) in [6.45, 7) is 6.37. The van der Waals surface area contributed by atoms with E-state index in [0.29, 0.717) is 0 Å². The van der Waals surface area contributed by atoms with Crippen molar-refractivity contribution in [2.75, 3.05) is 58.3 Å². The molecule has 0 aliphatic carbocycles. The van der Waals surface area contributed by atoms with E-state index in [9.17, 15) is 4.79 Å². The molecule has 0 saturated carbocycles. The van der Waals surface area contributed by atoms with E-state index in [0.717, 1.165) is 62.5 Å². The minimum atomic E-state index is -0.00282. The van der Waals surface area contributed by atoms with Gasteiger partial charge in [-0.25, -0.2) is 9.98 Å². The van der Waals surface area contributed by atoms with Gasteiger partial charge in [-0.1, -0.05) is 37.3 Å². The van der Waals surface area contributed by atoms with Crippen LogP contribution in [0, 0.1) is 0 Å². The van der Waals surface area contributed by atoms with Crippen LogP contribution in [0.5, 0.6) is 0 Å². The average molecular weight is 558 g/mol. The summed E-state index contributed by atoms with van der Waals surface area (Å²) in [5.74, 6) is 1.70. The molecule has 1 aromatic heterocycles. The molecule has 31 heavy (non-hydrogen) atoms. The van der Waals surface area contributed by atoms with Crippen LogP contribution in [0.15, 0.2) is 35.3 Å². The molecule has 170 valence electrons. The lowest BCUT2D eigenvalue weighted by Crippen LogP contribution is -2.53. The summed E-state index contributed by atoms with van der Waals surface area (Å²) in [6, 6.07) is 10.4. The fraction of sp³-hybridized carbons (Fsp3) is 0.524. The van der Waals surface area contributed by atoms with E-state index in [2.05, 4.69) is 60.7 Å². The summed E-state index contributed by atoms with van der Waals surface area (Å²) in [5, 5.41) is 4.45. The highest BCUT2D eigenvalue weighted by Gasteiger charge is 2.22. The van der Waals surface area contributed by atoms with Crippen molar-refractivity contribution in [2.45, 2.75) is 19.8 Å². The smallest absolute Gasteiger partial charge is 0.243 e. The van der Waals surface area contributed by atoms with Gasteiger partial charge < -0.3 is 20.0 Å². The number of amides is 1. The molecule has 10 heteroatoms. The third-order valence-electron chi connectivity index (χ3n) is 5.03. The van der Waals surface area contributed by atoms with Crippen LogP contribution in [0.3, 0.4) is 0 Å². The third kappa shape index (κ3) is 7.60. The molecule has 3 rings (SSSR count). The summed E-state index contributed by atoms with van der Waals surface area (Å²) in [7, 11) is 3.51. The summed E-state index contributed by atoms with van der Waals surface area (Å²) < 4.78 is 4.40. The molecule has 1 saturated heterocycles. The van der Waals surface area contributed by atoms with Crippen LogP contribution in [0.2, 0.25) is 0 Å². The number of anilines is 1. The van der Waals surface area contributed by atoms with Crippen LogP contribution < -0.4 is 10.2 Å². The van der Waals surface area contributed by atoms with Gasteiger partial charge in [0.2, 0.25) is 11.0 Å². The van der Waals surface area contributed by atoms with Gasteiger partial charge in [0.25, 0.3) is 0 Å². The molecule has 1 aromatic carbocycles. The number of benzene rings is 1. The summed E-state index contributed by atoms with van der Waals surface area (Å²) in [6.07, 6.45) is 1.77. The third-order valence-corrected chi connectivity index (χ3v) is 5.84. The number of nitrogens with one attached hydrogen (secondary N) is 1. The first-order valence-corrected chi connectivity index (χ1v) is 11.2.